The summed E-state index contributed by atoms with van der Waals surface area (Å²) in [5, 5.41) is 0. The molecule has 2 heteroatoms. The summed E-state index contributed by atoms with van der Waals surface area (Å²) < 4.78 is 5.96. The van der Waals surface area contributed by atoms with Crippen molar-refractivity contribution < 1.29 is 4.74 Å². The predicted octanol–water partition coefficient (Wildman–Crippen LogP) is 3.85. The zero-order chi connectivity index (χ0) is 14.5. The molecule has 20 heavy (non-hydrogen) atoms. The molecule has 2 N–H and O–H groups in total. The number of hydrogen-bond acceptors (Lipinski definition) is 2. The number of rotatable bonds is 2. The van der Waals surface area contributed by atoms with Crippen molar-refractivity contribution >= 4 is 0 Å². The minimum absolute atomic E-state index is 0.0463. The van der Waals surface area contributed by atoms with Gasteiger partial charge in [0.15, 0.2) is 0 Å². The van der Waals surface area contributed by atoms with Crippen LogP contribution in [0.25, 0.3) is 0 Å². The first-order chi connectivity index (χ1) is 9.48. The molecule has 3 aliphatic rings. The lowest BCUT2D eigenvalue weighted by molar-refractivity contribution is 0.277. The Kier molecular flexibility index (Phi) is 3.02. The highest BCUT2D eigenvalue weighted by molar-refractivity contribution is 5.57. The van der Waals surface area contributed by atoms with Gasteiger partial charge >= 0.3 is 0 Å². The van der Waals surface area contributed by atoms with Crippen molar-refractivity contribution in [3.05, 3.63) is 59.1 Å². The normalized spacial score (nSPS) is 31.2. The molecule has 0 saturated carbocycles. The monoisotopic (exact) mass is 269 g/mol. The fraction of sp³-hybridized carbons (Fsp3) is 0.444. The van der Waals surface area contributed by atoms with Gasteiger partial charge in [-0.05, 0) is 23.0 Å². The van der Waals surface area contributed by atoms with Gasteiger partial charge in [-0.15, -0.1) is 0 Å². The highest BCUT2D eigenvalue weighted by Gasteiger charge is 2.51. The van der Waals surface area contributed by atoms with Gasteiger partial charge in [-0.2, -0.15) is 0 Å². The van der Waals surface area contributed by atoms with E-state index in [0.29, 0.717) is 11.8 Å². The van der Waals surface area contributed by atoms with E-state index < -0.39 is 0 Å². The molecule has 0 aromatic carbocycles. The number of hydrogen-bond donors (Lipinski definition) is 1. The topological polar surface area (TPSA) is 35.2 Å². The quantitative estimate of drug-likeness (QED) is 0.826. The maximum Gasteiger partial charge on any atom is 0.123 e. The maximum atomic E-state index is 6.66. The van der Waals surface area contributed by atoms with E-state index in [1.54, 1.807) is 0 Å². The summed E-state index contributed by atoms with van der Waals surface area (Å²) >= 11 is 0. The molecule has 0 radical (unpaired) electrons. The molecule has 2 aliphatic carbocycles. The molecule has 0 amide bonds. The third-order valence-electron chi connectivity index (χ3n) is 4.63. The second-order valence-corrected chi connectivity index (χ2v) is 6.49. The highest BCUT2D eigenvalue weighted by Crippen LogP contribution is 2.54. The lowest BCUT2D eigenvalue weighted by Crippen LogP contribution is -2.47. The molecular formula is C18H23NO. The van der Waals surface area contributed by atoms with Crippen molar-refractivity contribution in [1.82, 2.24) is 0 Å². The molecule has 2 nitrogen and oxygen atoms in total. The first-order valence-corrected chi connectivity index (χ1v) is 7.43. The largest absolute Gasteiger partial charge is 0.467 e. The van der Waals surface area contributed by atoms with Crippen LogP contribution in [0, 0.1) is 17.3 Å². The van der Waals surface area contributed by atoms with Gasteiger partial charge in [0, 0.05) is 11.6 Å². The molecule has 0 aromatic heterocycles. The number of nitrogens with two attached hydrogens (primary N) is 1. The second kappa shape index (κ2) is 4.49. The van der Waals surface area contributed by atoms with Gasteiger partial charge in [0.25, 0.3) is 0 Å². The summed E-state index contributed by atoms with van der Waals surface area (Å²) in [5.41, 5.74) is 10.1. The molecule has 106 valence electrons. The lowest BCUT2D eigenvalue weighted by atomic mass is 9.63. The van der Waals surface area contributed by atoms with E-state index in [0.717, 1.165) is 5.76 Å². The minimum Gasteiger partial charge on any atom is -0.467 e. The summed E-state index contributed by atoms with van der Waals surface area (Å²) in [7, 11) is 0. The van der Waals surface area contributed by atoms with E-state index in [-0.39, 0.29) is 11.5 Å². The van der Waals surface area contributed by atoms with Gasteiger partial charge in [0.1, 0.15) is 5.76 Å². The van der Waals surface area contributed by atoms with E-state index in [1.807, 2.05) is 6.26 Å². The second-order valence-electron chi connectivity index (χ2n) is 6.49. The van der Waals surface area contributed by atoms with Crippen LogP contribution in [0.15, 0.2) is 59.1 Å². The molecule has 1 heterocycles. The van der Waals surface area contributed by atoms with Crippen molar-refractivity contribution in [2.75, 3.05) is 0 Å². The van der Waals surface area contributed by atoms with Crippen LogP contribution in [-0.2, 0) is 4.74 Å². The minimum atomic E-state index is -0.289. The van der Waals surface area contributed by atoms with Gasteiger partial charge in [0.05, 0.1) is 11.7 Å². The molecular weight excluding hydrogens is 246 g/mol. The summed E-state index contributed by atoms with van der Waals surface area (Å²) in [5.74, 6) is 1.89. The zero-order valence-corrected chi connectivity index (χ0v) is 12.7. The average Bonchev–Trinajstić information content (AvgIpc) is 2.79. The molecule has 2 atom stereocenters. The standard InChI is InChI=1S/C18H23NO/c1-11(2)14-9-15(12(3)4)17-18(16(14)19)8-6-5-7-13(18)10-20-17/h5-12,16H,19H2,1-4H3. The molecule has 0 bridgehead atoms. The summed E-state index contributed by atoms with van der Waals surface area (Å²) in [6, 6.07) is -0.0463. The summed E-state index contributed by atoms with van der Waals surface area (Å²) in [6.07, 6.45) is 12.6. The average molecular weight is 269 g/mol. The van der Waals surface area contributed by atoms with Crippen LogP contribution in [-0.4, -0.2) is 6.04 Å². The fourth-order valence-corrected chi connectivity index (χ4v) is 3.45. The number of allylic oxidation sites excluding steroid dienone is 5. The van der Waals surface area contributed by atoms with Crippen LogP contribution in [0.1, 0.15) is 27.7 Å². The Bertz CT molecular complexity index is 587. The van der Waals surface area contributed by atoms with Crippen LogP contribution in [0.5, 0.6) is 0 Å². The first kappa shape index (κ1) is 13.4. The summed E-state index contributed by atoms with van der Waals surface area (Å²) in [6.45, 7) is 8.86. The first-order valence-electron chi connectivity index (χ1n) is 7.43. The van der Waals surface area contributed by atoms with Gasteiger partial charge in [-0.25, -0.2) is 0 Å². The molecule has 1 spiro atoms. The van der Waals surface area contributed by atoms with Crippen molar-refractivity contribution in [1.29, 1.82) is 0 Å². The number of ether oxygens (including phenoxy) is 1. The third-order valence-corrected chi connectivity index (χ3v) is 4.63. The smallest absolute Gasteiger partial charge is 0.123 e. The zero-order valence-electron chi connectivity index (χ0n) is 12.7. The SMILES string of the molecule is CC(C)C1=CC(C(C)C)=C2OC=C3C=CC=CC32C1N. The van der Waals surface area contributed by atoms with Crippen molar-refractivity contribution in [3.63, 3.8) is 0 Å². The Hall–Kier alpha value is -1.54. The van der Waals surface area contributed by atoms with E-state index in [2.05, 4.69) is 58.1 Å². The van der Waals surface area contributed by atoms with Crippen LogP contribution in [0.2, 0.25) is 0 Å². The van der Waals surface area contributed by atoms with Gasteiger partial charge in [-0.1, -0.05) is 58.1 Å². The fourth-order valence-electron chi connectivity index (χ4n) is 3.45. The van der Waals surface area contributed by atoms with Gasteiger partial charge in [-0.3, -0.25) is 0 Å². The van der Waals surface area contributed by atoms with Gasteiger partial charge < -0.3 is 10.5 Å². The maximum absolute atomic E-state index is 6.66. The Morgan fingerprint density at radius 2 is 1.90 bits per heavy atom. The molecule has 0 saturated heterocycles. The van der Waals surface area contributed by atoms with E-state index in [1.165, 1.54) is 16.7 Å². The highest BCUT2D eigenvalue weighted by atomic mass is 16.5. The third kappa shape index (κ3) is 1.61. The van der Waals surface area contributed by atoms with E-state index >= 15 is 0 Å². The van der Waals surface area contributed by atoms with Crippen molar-refractivity contribution in [2.45, 2.75) is 33.7 Å². The van der Waals surface area contributed by atoms with Gasteiger partial charge in [0.2, 0.25) is 0 Å². The van der Waals surface area contributed by atoms with Crippen LogP contribution in [0.3, 0.4) is 0 Å². The van der Waals surface area contributed by atoms with Crippen molar-refractivity contribution in [3.8, 4) is 0 Å². The van der Waals surface area contributed by atoms with Crippen LogP contribution >= 0.6 is 0 Å². The Labute approximate surface area is 121 Å². The van der Waals surface area contributed by atoms with Crippen molar-refractivity contribution in [2.24, 2.45) is 23.0 Å². The van der Waals surface area contributed by atoms with E-state index in [9.17, 15) is 0 Å². The molecule has 0 fully saturated rings. The van der Waals surface area contributed by atoms with Crippen LogP contribution in [0.4, 0.5) is 0 Å². The Balaban J connectivity index is 2.24. The van der Waals surface area contributed by atoms with Crippen LogP contribution < -0.4 is 5.73 Å². The molecule has 1 aliphatic heterocycles. The Morgan fingerprint density at radius 1 is 1.15 bits per heavy atom. The lowest BCUT2D eigenvalue weighted by Gasteiger charge is -2.42. The molecule has 2 unspecified atom stereocenters. The van der Waals surface area contributed by atoms with E-state index in [4.69, 9.17) is 10.5 Å². The molecule has 0 aromatic rings. The predicted molar refractivity (Wildman–Crippen MR) is 82.6 cm³/mol. The summed E-state index contributed by atoms with van der Waals surface area (Å²) in [4.78, 5) is 0. The Morgan fingerprint density at radius 3 is 2.55 bits per heavy atom. The molecule has 3 rings (SSSR count).